The topological polar surface area (TPSA) is 46.2 Å². The highest BCUT2D eigenvalue weighted by atomic mass is 16.2. The number of carbonyl (C=O) groups is 2. The van der Waals surface area contributed by atoms with Gasteiger partial charge in [-0.05, 0) is 31.6 Å². The van der Waals surface area contributed by atoms with Crippen molar-refractivity contribution in [3.05, 3.63) is 11.6 Å². The third-order valence-electron chi connectivity index (χ3n) is 4.21. The lowest BCUT2D eigenvalue weighted by atomic mass is 9.90. The predicted octanol–water partition coefficient (Wildman–Crippen LogP) is 3.63. The fourth-order valence-electron chi connectivity index (χ4n) is 2.57. The van der Waals surface area contributed by atoms with Gasteiger partial charge >= 0.3 is 0 Å². The Kier molecular flexibility index (Phi) is 6.97. The first kappa shape index (κ1) is 16.9. The quantitative estimate of drug-likeness (QED) is 0.690. The van der Waals surface area contributed by atoms with E-state index in [1.165, 1.54) is 12.0 Å². The Balaban J connectivity index is 2.50. The van der Waals surface area contributed by atoms with Crippen LogP contribution >= 0.6 is 0 Å². The summed E-state index contributed by atoms with van der Waals surface area (Å²) in [6.45, 7) is 7.88. The fraction of sp³-hybridized carbons (Fsp3) is 0.765. The van der Waals surface area contributed by atoms with E-state index in [1.807, 2.05) is 20.8 Å². The van der Waals surface area contributed by atoms with Gasteiger partial charge in [0.15, 0.2) is 5.78 Å². The van der Waals surface area contributed by atoms with Crippen LogP contribution in [0.3, 0.4) is 0 Å². The van der Waals surface area contributed by atoms with Crippen LogP contribution in [0, 0.1) is 11.8 Å². The molecular formula is C17H29NO2. The van der Waals surface area contributed by atoms with Crippen LogP contribution in [-0.2, 0) is 9.59 Å². The van der Waals surface area contributed by atoms with Crippen LogP contribution in [0.4, 0.5) is 0 Å². The molecule has 3 heteroatoms. The first-order valence-corrected chi connectivity index (χ1v) is 7.96. The first-order valence-electron chi connectivity index (χ1n) is 7.96. The Morgan fingerprint density at radius 2 is 2.00 bits per heavy atom. The molecule has 0 aromatic rings. The minimum atomic E-state index is -0.329. The molecule has 1 rings (SSSR count). The van der Waals surface area contributed by atoms with Crippen LogP contribution in [0.25, 0.3) is 0 Å². The molecule has 1 N–H and O–H groups in total. The Morgan fingerprint density at radius 3 is 2.50 bits per heavy atom. The van der Waals surface area contributed by atoms with E-state index in [0.717, 1.165) is 25.7 Å². The predicted molar refractivity (Wildman–Crippen MR) is 82.4 cm³/mol. The van der Waals surface area contributed by atoms with Crippen molar-refractivity contribution >= 4 is 11.7 Å². The van der Waals surface area contributed by atoms with E-state index >= 15 is 0 Å². The summed E-state index contributed by atoms with van der Waals surface area (Å²) in [7, 11) is 0. The molecule has 0 fully saturated rings. The molecular weight excluding hydrogens is 250 g/mol. The van der Waals surface area contributed by atoms with Gasteiger partial charge in [-0.2, -0.15) is 0 Å². The van der Waals surface area contributed by atoms with Gasteiger partial charge in [0.1, 0.15) is 0 Å². The van der Waals surface area contributed by atoms with Crippen molar-refractivity contribution < 1.29 is 9.59 Å². The van der Waals surface area contributed by atoms with Crippen LogP contribution in [0.15, 0.2) is 11.6 Å². The van der Waals surface area contributed by atoms with Crippen molar-refractivity contribution in [3.63, 3.8) is 0 Å². The molecule has 1 amide bonds. The average Bonchev–Trinajstić information content (AvgIpc) is 2.94. The second-order valence-electron chi connectivity index (χ2n) is 6.24. The summed E-state index contributed by atoms with van der Waals surface area (Å²) in [5.74, 6) is 0.316. The van der Waals surface area contributed by atoms with E-state index in [0.29, 0.717) is 6.42 Å². The summed E-state index contributed by atoms with van der Waals surface area (Å²) in [4.78, 5) is 24.3. The summed E-state index contributed by atoms with van der Waals surface area (Å²) in [5, 5.41) is 2.96. The Hall–Kier alpha value is -1.12. The molecule has 1 aliphatic carbocycles. The van der Waals surface area contributed by atoms with Crippen molar-refractivity contribution in [2.24, 2.45) is 11.8 Å². The van der Waals surface area contributed by atoms with Gasteiger partial charge in [0, 0.05) is 12.3 Å². The molecule has 0 heterocycles. The maximum Gasteiger partial charge on any atom is 0.220 e. The number of Topliss-reactive ketones (excluding diaryl/α,β-unsaturated/α-hetero) is 1. The molecule has 114 valence electrons. The van der Waals surface area contributed by atoms with Crippen LogP contribution in [0.5, 0.6) is 0 Å². The Bertz CT molecular complexity index is 371. The molecule has 20 heavy (non-hydrogen) atoms. The lowest BCUT2D eigenvalue weighted by molar-refractivity contribution is -0.130. The van der Waals surface area contributed by atoms with Crippen molar-refractivity contribution in [2.75, 3.05) is 0 Å². The molecule has 2 atom stereocenters. The third kappa shape index (κ3) is 5.10. The standard InChI is InChI=1S/C17H29NO2/c1-5-13(4)16(17(20)12(2)3)18-15(19)11-10-14-8-6-7-9-14/h8,12-13,16H,5-7,9-11H2,1-4H3,(H,18,19)/t13-,16+/m1/s1. The highest BCUT2D eigenvalue weighted by Crippen LogP contribution is 2.22. The zero-order chi connectivity index (χ0) is 15.1. The molecule has 0 bridgehead atoms. The molecule has 0 unspecified atom stereocenters. The number of ketones is 1. The van der Waals surface area contributed by atoms with Gasteiger partial charge in [0.2, 0.25) is 5.91 Å². The largest absolute Gasteiger partial charge is 0.346 e. The zero-order valence-electron chi connectivity index (χ0n) is 13.4. The van der Waals surface area contributed by atoms with Crippen LogP contribution in [0.2, 0.25) is 0 Å². The van der Waals surface area contributed by atoms with E-state index in [2.05, 4.69) is 18.3 Å². The van der Waals surface area contributed by atoms with Gasteiger partial charge in [-0.3, -0.25) is 9.59 Å². The SMILES string of the molecule is CC[C@@H](C)[C@H](NC(=O)CCC1=CCCC1)C(=O)C(C)C. The van der Waals surface area contributed by atoms with E-state index < -0.39 is 0 Å². The molecule has 0 saturated carbocycles. The maximum atomic E-state index is 12.2. The van der Waals surface area contributed by atoms with Crippen LogP contribution in [0.1, 0.15) is 66.2 Å². The van der Waals surface area contributed by atoms with Gasteiger partial charge in [0.05, 0.1) is 6.04 Å². The van der Waals surface area contributed by atoms with Gasteiger partial charge in [-0.1, -0.05) is 45.8 Å². The van der Waals surface area contributed by atoms with E-state index in [1.54, 1.807) is 0 Å². The number of rotatable bonds is 8. The lowest BCUT2D eigenvalue weighted by Crippen LogP contribution is -2.46. The monoisotopic (exact) mass is 279 g/mol. The number of hydrogen-bond acceptors (Lipinski definition) is 2. The highest BCUT2D eigenvalue weighted by Gasteiger charge is 2.27. The van der Waals surface area contributed by atoms with Crippen LogP contribution < -0.4 is 5.32 Å². The number of amides is 1. The van der Waals surface area contributed by atoms with Crippen molar-refractivity contribution in [2.45, 2.75) is 72.3 Å². The average molecular weight is 279 g/mol. The maximum absolute atomic E-state index is 12.2. The molecule has 0 aromatic carbocycles. The molecule has 3 nitrogen and oxygen atoms in total. The zero-order valence-corrected chi connectivity index (χ0v) is 13.4. The molecule has 0 spiro atoms. The smallest absolute Gasteiger partial charge is 0.220 e. The van der Waals surface area contributed by atoms with E-state index in [4.69, 9.17) is 0 Å². The number of carbonyl (C=O) groups excluding carboxylic acids is 2. The minimum absolute atomic E-state index is 0.0112. The number of hydrogen-bond donors (Lipinski definition) is 1. The molecule has 0 radical (unpaired) electrons. The molecule has 0 aliphatic heterocycles. The van der Waals surface area contributed by atoms with Crippen molar-refractivity contribution in [3.8, 4) is 0 Å². The second kappa shape index (κ2) is 8.23. The minimum Gasteiger partial charge on any atom is -0.346 e. The lowest BCUT2D eigenvalue weighted by Gasteiger charge is -2.24. The number of nitrogens with one attached hydrogen (secondary N) is 1. The van der Waals surface area contributed by atoms with Gasteiger partial charge in [-0.15, -0.1) is 0 Å². The van der Waals surface area contributed by atoms with Gasteiger partial charge in [0.25, 0.3) is 0 Å². The summed E-state index contributed by atoms with van der Waals surface area (Å²) in [5.41, 5.74) is 1.40. The molecule has 1 aliphatic rings. The van der Waals surface area contributed by atoms with Crippen molar-refractivity contribution in [1.29, 1.82) is 0 Å². The Morgan fingerprint density at radius 1 is 1.30 bits per heavy atom. The van der Waals surface area contributed by atoms with E-state index in [-0.39, 0.29) is 29.6 Å². The number of allylic oxidation sites excluding steroid dienone is 2. The van der Waals surface area contributed by atoms with Crippen LogP contribution in [-0.4, -0.2) is 17.7 Å². The first-order chi connectivity index (χ1) is 9.45. The van der Waals surface area contributed by atoms with E-state index in [9.17, 15) is 9.59 Å². The fourth-order valence-corrected chi connectivity index (χ4v) is 2.57. The highest BCUT2D eigenvalue weighted by molar-refractivity contribution is 5.90. The molecule has 0 saturated heterocycles. The Labute approximate surface area is 123 Å². The third-order valence-corrected chi connectivity index (χ3v) is 4.21. The van der Waals surface area contributed by atoms with Gasteiger partial charge < -0.3 is 5.32 Å². The summed E-state index contributed by atoms with van der Waals surface area (Å²) < 4.78 is 0. The summed E-state index contributed by atoms with van der Waals surface area (Å²) in [6, 6.07) is -0.329. The summed E-state index contributed by atoms with van der Waals surface area (Å²) >= 11 is 0. The van der Waals surface area contributed by atoms with Gasteiger partial charge in [-0.25, -0.2) is 0 Å². The molecule has 0 aromatic heterocycles. The summed E-state index contributed by atoms with van der Waals surface area (Å²) in [6.07, 6.45) is 8.00. The normalized spacial score (nSPS) is 17.8. The van der Waals surface area contributed by atoms with Crippen molar-refractivity contribution in [1.82, 2.24) is 5.32 Å². The second-order valence-corrected chi connectivity index (χ2v) is 6.24.